The Morgan fingerprint density at radius 2 is 2.00 bits per heavy atom. The lowest BCUT2D eigenvalue weighted by atomic mass is 10.1. The molecular formula is C12H14N4O2. The molecule has 0 aliphatic carbocycles. The molecule has 94 valence electrons. The van der Waals surface area contributed by atoms with E-state index in [0.29, 0.717) is 5.76 Å². The zero-order valence-electron chi connectivity index (χ0n) is 10.2. The molecule has 0 spiro atoms. The number of nitrogen functional groups attached to an aromatic ring is 1. The van der Waals surface area contributed by atoms with Crippen LogP contribution in [-0.2, 0) is 0 Å². The summed E-state index contributed by atoms with van der Waals surface area (Å²) in [6, 6.07) is 9.27. The van der Waals surface area contributed by atoms with Crippen LogP contribution >= 0.6 is 0 Å². The van der Waals surface area contributed by atoms with E-state index < -0.39 is 5.91 Å². The van der Waals surface area contributed by atoms with Crippen LogP contribution in [-0.4, -0.2) is 25.2 Å². The van der Waals surface area contributed by atoms with Crippen molar-refractivity contribution in [2.45, 2.75) is 0 Å². The summed E-state index contributed by atoms with van der Waals surface area (Å²) < 4.78 is 5.09. The minimum absolute atomic E-state index is 0.157. The summed E-state index contributed by atoms with van der Waals surface area (Å²) in [5.41, 5.74) is 4.09. The molecule has 2 aromatic rings. The lowest BCUT2D eigenvalue weighted by Crippen LogP contribution is -2.30. The molecule has 0 fully saturated rings. The van der Waals surface area contributed by atoms with Crippen LogP contribution < -0.4 is 16.2 Å². The Balaban J connectivity index is 2.26. The van der Waals surface area contributed by atoms with Crippen molar-refractivity contribution in [2.75, 3.05) is 19.0 Å². The molecule has 0 unspecified atom stereocenters. The van der Waals surface area contributed by atoms with E-state index in [2.05, 4.69) is 5.16 Å². The molecule has 1 amide bonds. The minimum atomic E-state index is -0.477. The molecule has 0 radical (unpaired) electrons. The summed E-state index contributed by atoms with van der Waals surface area (Å²) in [7, 11) is 3.93. The summed E-state index contributed by atoms with van der Waals surface area (Å²) >= 11 is 0. The average Bonchev–Trinajstić information content (AvgIpc) is 2.87. The van der Waals surface area contributed by atoms with Crippen molar-refractivity contribution in [3.63, 3.8) is 0 Å². The molecule has 6 heteroatoms. The lowest BCUT2D eigenvalue weighted by Gasteiger charge is -2.11. The minimum Gasteiger partial charge on any atom is -0.378 e. The van der Waals surface area contributed by atoms with Gasteiger partial charge in [-0.1, -0.05) is 5.16 Å². The second-order valence-corrected chi connectivity index (χ2v) is 3.99. The van der Waals surface area contributed by atoms with Crippen LogP contribution in [0.1, 0.15) is 10.5 Å². The van der Waals surface area contributed by atoms with Crippen molar-refractivity contribution in [3.05, 3.63) is 36.0 Å². The standard InChI is InChI=1S/C12H14N4O2/c1-16(2)9-5-3-8(4-6-9)11-7-10(15-18-11)12(17)14-13/h3-7H,13H2,1-2H3,(H,14,17). The van der Waals surface area contributed by atoms with Crippen LogP contribution in [0.25, 0.3) is 11.3 Å². The molecule has 1 aromatic carbocycles. The number of aromatic nitrogens is 1. The molecule has 1 aromatic heterocycles. The van der Waals surface area contributed by atoms with Crippen molar-refractivity contribution >= 4 is 11.6 Å². The van der Waals surface area contributed by atoms with E-state index in [1.165, 1.54) is 0 Å². The van der Waals surface area contributed by atoms with Gasteiger partial charge in [-0.25, -0.2) is 5.84 Å². The monoisotopic (exact) mass is 246 g/mol. The molecule has 1 heterocycles. The fourth-order valence-corrected chi connectivity index (χ4v) is 1.52. The highest BCUT2D eigenvalue weighted by atomic mass is 16.5. The number of anilines is 1. The van der Waals surface area contributed by atoms with Crippen molar-refractivity contribution in [1.82, 2.24) is 10.6 Å². The number of nitrogens with two attached hydrogens (primary N) is 1. The van der Waals surface area contributed by atoms with E-state index >= 15 is 0 Å². The van der Waals surface area contributed by atoms with Gasteiger partial charge in [-0.2, -0.15) is 0 Å². The first-order valence-electron chi connectivity index (χ1n) is 5.37. The Morgan fingerprint density at radius 3 is 2.56 bits per heavy atom. The summed E-state index contributed by atoms with van der Waals surface area (Å²) in [6.07, 6.45) is 0. The van der Waals surface area contributed by atoms with Crippen LogP contribution in [0.3, 0.4) is 0 Å². The molecule has 18 heavy (non-hydrogen) atoms. The molecule has 0 aliphatic heterocycles. The third-order valence-electron chi connectivity index (χ3n) is 2.54. The van der Waals surface area contributed by atoms with E-state index in [4.69, 9.17) is 10.4 Å². The van der Waals surface area contributed by atoms with Gasteiger partial charge >= 0.3 is 0 Å². The second-order valence-electron chi connectivity index (χ2n) is 3.99. The number of hydrogen-bond donors (Lipinski definition) is 2. The molecule has 2 rings (SSSR count). The molecular weight excluding hydrogens is 232 g/mol. The quantitative estimate of drug-likeness (QED) is 0.479. The lowest BCUT2D eigenvalue weighted by molar-refractivity contribution is 0.0944. The Kier molecular flexibility index (Phi) is 3.29. The Hall–Kier alpha value is -2.34. The number of hydrazine groups is 1. The molecule has 0 saturated heterocycles. The number of nitrogens with one attached hydrogen (secondary N) is 1. The van der Waals surface area contributed by atoms with Gasteiger partial charge in [0.1, 0.15) is 0 Å². The first-order valence-corrected chi connectivity index (χ1v) is 5.37. The normalized spacial score (nSPS) is 10.2. The third-order valence-corrected chi connectivity index (χ3v) is 2.54. The number of hydrogen-bond acceptors (Lipinski definition) is 5. The molecule has 6 nitrogen and oxygen atoms in total. The predicted molar refractivity (Wildman–Crippen MR) is 67.9 cm³/mol. The van der Waals surface area contributed by atoms with Crippen molar-refractivity contribution in [2.24, 2.45) is 5.84 Å². The number of benzene rings is 1. The van der Waals surface area contributed by atoms with Gasteiger partial charge < -0.3 is 9.42 Å². The maximum absolute atomic E-state index is 11.2. The fraction of sp³-hybridized carbons (Fsp3) is 0.167. The highest BCUT2D eigenvalue weighted by Crippen LogP contribution is 2.23. The van der Waals surface area contributed by atoms with E-state index in [1.807, 2.05) is 48.7 Å². The van der Waals surface area contributed by atoms with Crippen LogP contribution in [0.2, 0.25) is 0 Å². The predicted octanol–water partition coefficient (Wildman–Crippen LogP) is 1.01. The molecule has 3 N–H and O–H groups in total. The number of nitrogens with zero attached hydrogens (tertiary/aromatic N) is 2. The van der Waals surface area contributed by atoms with Gasteiger partial charge in [-0.15, -0.1) is 0 Å². The SMILES string of the molecule is CN(C)c1ccc(-c2cc(C(=O)NN)no2)cc1. The number of rotatable bonds is 3. The van der Waals surface area contributed by atoms with Crippen molar-refractivity contribution < 1.29 is 9.32 Å². The number of carbonyl (C=O) groups excluding carboxylic acids is 1. The first-order chi connectivity index (χ1) is 8.61. The second kappa shape index (κ2) is 4.89. The van der Waals surface area contributed by atoms with E-state index in [0.717, 1.165) is 11.3 Å². The number of amides is 1. The highest BCUT2D eigenvalue weighted by Gasteiger charge is 2.12. The molecule has 0 aliphatic rings. The van der Waals surface area contributed by atoms with Crippen LogP contribution in [0.4, 0.5) is 5.69 Å². The van der Waals surface area contributed by atoms with E-state index in [-0.39, 0.29) is 5.69 Å². The van der Waals surface area contributed by atoms with Crippen LogP contribution in [0, 0.1) is 0 Å². The first kappa shape index (κ1) is 12.1. The smallest absolute Gasteiger partial charge is 0.287 e. The number of carbonyl (C=O) groups is 1. The maximum atomic E-state index is 11.2. The summed E-state index contributed by atoms with van der Waals surface area (Å²) in [4.78, 5) is 13.2. The Labute approximate surface area is 104 Å². The Morgan fingerprint density at radius 1 is 1.33 bits per heavy atom. The van der Waals surface area contributed by atoms with E-state index in [1.54, 1.807) is 6.07 Å². The Bertz CT molecular complexity index is 545. The zero-order valence-corrected chi connectivity index (χ0v) is 10.2. The van der Waals surface area contributed by atoms with Gasteiger partial charge in [0.05, 0.1) is 0 Å². The largest absolute Gasteiger partial charge is 0.378 e. The molecule has 0 atom stereocenters. The summed E-state index contributed by atoms with van der Waals surface area (Å²) in [5.74, 6) is 5.07. The van der Waals surface area contributed by atoms with Crippen LogP contribution in [0.15, 0.2) is 34.9 Å². The van der Waals surface area contributed by atoms with Gasteiger partial charge in [-0.3, -0.25) is 10.2 Å². The van der Waals surface area contributed by atoms with E-state index in [9.17, 15) is 4.79 Å². The molecule has 0 saturated carbocycles. The molecule has 0 bridgehead atoms. The van der Waals surface area contributed by atoms with Crippen molar-refractivity contribution in [3.8, 4) is 11.3 Å². The van der Waals surface area contributed by atoms with Gasteiger partial charge in [0, 0.05) is 31.4 Å². The van der Waals surface area contributed by atoms with Crippen molar-refractivity contribution in [1.29, 1.82) is 0 Å². The summed E-state index contributed by atoms with van der Waals surface area (Å²) in [6.45, 7) is 0. The average molecular weight is 246 g/mol. The topological polar surface area (TPSA) is 84.4 Å². The third kappa shape index (κ3) is 2.33. The van der Waals surface area contributed by atoms with Crippen LogP contribution in [0.5, 0.6) is 0 Å². The van der Waals surface area contributed by atoms with Gasteiger partial charge in [0.2, 0.25) is 0 Å². The summed E-state index contributed by atoms with van der Waals surface area (Å²) in [5, 5.41) is 3.64. The fourth-order valence-electron chi connectivity index (χ4n) is 1.52. The van der Waals surface area contributed by atoms with Gasteiger partial charge in [0.15, 0.2) is 11.5 Å². The van der Waals surface area contributed by atoms with Gasteiger partial charge in [-0.05, 0) is 24.3 Å². The highest BCUT2D eigenvalue weighted by molar-refractivity contribution is 5.92. The zero-order chi connectivity index (χ0) is 13.1. The van der Waals surface area contributed by atoms with Gasteiger partial charge in [0.25, 0.3) is 5.91 Å². The maximum Gasteiger partial charge on any atom is 0.287 e.